The molecule has 1 aliphatic rings. The summed E-state index contributed by atoms with van der Waals surface area (Å²) in [5.74, 6) is -0.693. The van der Waals surface area contributed by atoms with Crippen molar-refractivity contribution >= 4 is 5.97 Å². The Balaban J connectivity index is 1.84. The van der Waals surface area contributed by atoms with Crippen molar-refractivity contribution < 1.29 is 9.90 Å². The second-order valence-corrected chi connectivity index (χ2v) is 4.95. The van der Waals surface area contributed by atoms with Crippen LogP contribution in [0.15, 0.2) is 24.3 Å². The molecular weight excluding hydrogens is 258 g/mol. The van der Waals surface area contributed by atoms with Crippen LogP contribution in [0.1, 0.15) is 22.9 Å². The van der Waals surface area contributed by atoms with Crippen LogP contribution in [0.5, 0.6) is 0 Å². The number of carboxylic acids is 1. The topological polar surface area (TPSA) is 84.1 Å². The Bertz CT molecular complexity index is 639. The standard InChI is InChI=1S/C13H15N5O2/c1-17-15-12(14-16-17)8-18-6-9-4-2-3-5-10(9)11(7-18)13(19)20/h2-5,11H,6-8H2,1H3,(H,19,20). The van der Waals surface area contributed by atoms with Crippen LogP contribution in [0.2, 0.25) is 0 Å². The fourth-order valence-corrected chi connectivity index (χ4v) is 2.60. The minimum Gasteiger partial charge on any atom is -0.481 e. The molecule has 2 heterocycles. The van der Waals surface area contributed by atoms with Gasteiger partial charge in [-0.05, 0) is 16.3 Å². The number of hydrogen-bond acceptors (Lipinski definition) is 5. The van der Waals surface area contributed by atoms with Gasteiger partial charge in [-0.25, -0.2) is 0 Å². The third-order valence-corrected chi connectivity index (χ3v) is 3.48. The highest BCUT2D eigenvalue weighted by molar-refractivity contribution is 5.77. The number of aromatic nitrogens is 4. The summed E-state index contributed by atoms with van der Waals surface area (Å²) >= 11 is 0. The van der Waals surface area contributed by atoms with Crippen molar-refractivity contribution in [1.29, 1.82) is 0 Å². The van der Waals surface area contributed by atoms with E-state index in [0.29, 0.717) is 25.5 Å². The van der Waals surface area contributed by atoms with Gasteiger partial charge in [0, 0.05) is 13.1 Å². The zero-order valence-electron chi connectivity index (χ0n) is 11.1. The fourth-order valence-electron chi connectivity index (χ4n) is 2.60. The maximum Gasteiger partial charge on any atom is 0.312 e. The van der Waals surface area contributed by atoms with E-state index in [1.807, 2.05) is 29.2 Å². The van der Waals surface area contributed by atoms with Crippen molar-refractivity contribution in [3.05, 3.63) is 41.2 Å². The number of nitrogens with zero attached hydrogens (tertiary/aromatic N) is 5. The van der Waals surface area contributed by atoms with Gasteiger partial charge in [0.05, 0.1) is 19.5 Å². The van der Waals surface area contributed by atoms with Crippen LogP contribution in [0.3, 0.4) is 0 Å². The molecule has 20 heavy (non-hydrogen) atoms. The summed E-state index contributed by atoms with van der Waals surface area (Å²) in [7, 11) is 1.71. The lowest BCUT2D eigenvalue weighted by Crippen LogP contribution is -2.36. The summed E-state index contributed by atoms with van der Waals surface area (Å²) in [5.41, 5.74) is 1.96. The SMILES string of the molecule is Cn1nnc(CN2Cc3ccccc3C(C(=O)O)C2)n1. The average molecular weight is 273 g/mol. The lowest BCUT2D eigenvalue weighted by atomic mass is 9.90. The molecule has 104 valence electrons. The zero-order chi connectivity index (χ0) is 14.1. The van der Waals surface area contributed by atoms with Crippen molar-refractivity contribution in [3.63, 3.8) is 0 Å². The van der Waals surface area contributed by atoms with Crippen LogP contribution >= 0.6 is 0 Å². The smallest absolute Gasteiger partial charge is 0.312 e. The number of tetrazole rings is 1. The van der Waals surface area contributed by atoms with Crippen LogP contribution < -0.4 is 0 Å². The Hall–Kier alpha value is -2.28. The molecule has 0 saturated heterocycles. The summed E-state index contributed by atoms with van der Waals surface area (Å²) in [6.45, 7) is 1.68. The van der Waals surface area contributed by atoms with E-state index in [-0.39, 0.29) is 0 Å². The molecule has 0 radical (unpaired) electrons. The molecule has 0 bridgehead atoms. The van der Waals surface area contributed by atoms with E-state index in [1.54, 1.807) is 7.05 Å². The molecule has 2 aromatic rings. The molecule has 0 aliphatic carbocycles. The number of hydrogen-bond donors (Lipinski definition) is 1. The van der Waals surface area contributed by atoms with E-state index >= 15 is 0 Å². The van der Waals surface area contributed by atoms with E-state index < -0.39 is 11.9 Å². The first-order valence-electron chi connectivity index (χ1n) is 6.39. The highest BCUT2D eigenvalue weighted by atomic mass is 16.4. The molecule has 0 spiro atoms. The van der Waals surface area contributed by atoms with Crippen molar-refractivity contribution in [2.75, 3.05) is 6.54 Å². The quantitative estimate of drug-likeness (QED) is 0.871. The first kappa shape index (κ1) is 12.7. The average Bonchev–Trinajstić information content (AvgIpc) is 2.83. The fraction of sp³-hybridized carbons (Fsp3) is 0.385. The molecule has 0 saturated carbocycles. The number of rotatable bonds is 3. The van der Waals surface area contributed by atoms with Gasteiger partial charge in [0.2, 0.25) is 0 Å². The summed E-state index contributed by atoms with van der Waals surface area (Å²) in [6, 6.07) is 7.68. The minimum atomic E-state index is -0.797. The van der Waals surface area contributed by atoms with Crippen molar-refractivity contribution in [2.24, 2.45) is 7.05 Å². The van der Waals surface area contributed by atoms with E-state index in [9.17, 15) is 9.90 Å². The second-order valence-electron chi connectivity index (χ2n) is 4.95. The largest absolute Gasteiger partial charge is 0.481 e. The molecule has 1 unspecified atom stereocenters. The lowest BCUT2D eigenvalue weighted by molar-refractivity contribution is -0.139. The Kier molecular flexibility index (Phi) is 3.19. The molecule has 1 N–H and O–H groups in total. The Morgan fingerprint density at radius 1 is 1.45 bits per heavy atom. The predicted molar refractivity (Wildman–Crippen MR) is 69.7 cm³/mol. The first-order valence-corrected chi connectivity index (χ1v) is 6.39. The van der Waals surface area contributed by atoms with Gasteiger partial charge in [-0.3, -0.25) is 9.69 Å². The van der Waals surface area contributed by atoms with Gasteiger partial charge in [-0.15, -0.1) is 10.2 Å². The number of benzene rings is 1. The lowest BCUT2D eigenvalue weighted by Gasteiger charge is -2.31. The van der Waals surface area contributed by atoms with E-state index in [2.05, 4.69) is 15.4 Å². The minimum absolute atomic E-state index is 0.463. The predicted octanol–water partition coefficient (Wildman–Crippen LogP) is 0.394. The highest BCUT2D eigenvalue weighted by Gasteiger charge is 2.30. The second kappa shape index (κ2) is 5.01. The normalized spacial score (nSPS) is 18.8. The van der Waals surface area contributed by atoms with Crippen LogP contribution in [0, 0.1) is 0 Å². The molecule has 7 heteroatoms. The molecule has 3 rings (SSSR count). The van der Waals surface area contributed by atoms with E-state index in [4.69, 9.17) is 0 Å². The monoisotopic (exact) mass is 273 g/mol. The molecule has 7 nitrogen and oxygen atoms in total. The van der Waals surface area contributed by atoms with Crippen LogP contribution in [0.4, 0.5) is 0 Å². The van der Waals surface area contributed by atoms with Crippen LogP contribution in [-0.2, 0) is 24.9 Å². The van der Waals surface area contributed by atoms with Crippen LogP contribution in [-0.4, -0.2) is 42.7 Å². The summed E-state index contributed by atoms with van der Waals surface area (Å²) in [6.07, 6.45) is 0. The van der Waals surface area contributed by atoms with Gasteiger partial charge >= 0.3 is 5.97 Å². The molecular formula is C13H15N5O2. The number of carbonyl (C=O) groups is 1. The van der Waals surface area contributed by atoms with Crippen molar-refractivity contribution in [2.45, 2.75) is 19.0 Å². The van der Waals surface area contributed by atoms with Gasteiger partial charge < -0.3 is 5.11 Å². The first-order chi connectivity index (χ1) is 9.63. The van der Waals surface area contributed by atoms with Gasteiger partial charge in [-0.2, -0.15) is 4.80 Å². The van der Waals surface area contributed by atoms with E-state index in [1.165, 1.54) is 4.80 Å². The third-order valence-electron chi connectivity index (χ3n) is 3.48. The van der Waals surface area contributed by atoms with E-state index in [0.717, 1.165) is 11.1 Å². The number of aliphatic carboxylic acids is 1. The third kappa shape index (κ3) is 2.39. The number of fused-ring (bicyclic) bond motifs is 1. The van der Waals surface area contributed by atoms with Gasteiger partial charge in [0.1, 0.15) is 0 Å². The van der Waals surface area contributed by atoms with Crippen LogP contribution in [0.25, 0.3) is 0 Å². The number of carboxylic acid groups (broad SMARTS) is 1. The summed E-state index contributed by atoms with van der Waals surface area (Å²) in [4.78, 5) is 14.9. The highest BCUT2D eigenvalue weighted by Crippen LogP contribution is 2.28. The van der Waals surface area contributed by atoms with Gasteiger partial charge in [0.15, 0.2) is 5.82 Å². The van der Waals surface area contributed by atoms with Crippen molar-refractivity contribution in [3.8, 4) is 0 Å². The molecule has 0 fully saturated rings. The molecule has 0 amide bonds. The summed E-state index contributed by atoms with van der Waals surface area (Å²) in [5, 5.41) is 21.3. The summed E-state index contributed by atoms with van der Waals surface area (Å²) < 4.78 is 0. The number of aryl methyl sites for hydroxylation is 1. The van der Waals surface area contributed by atoms with Gasteiger partial charge in [-0.1, -0.05) is 24.3 Å². The Labute approximate surface area is 115 Å². The maximum absolute atomic E-state index is 11.4. The Morgan fingerprint density at radius 3 is 2.95 bits per heavy atom. The molecule has 1 aliphatic heterocycles. The Morgan fingerprint density at radius 2 is 2.25 bits per heavy atom. The zero-order valence-corrected chi connectivity index (χ0v) is 11.1. The maximum atomic E-state index is 11.4. The van der Waals surface area contributed by atoms with Crippen molar-refractivity contribution in [1.82, 2.24) is 25.1 Å². The molecule has 1 atom stereocenters. The molecule has 1 aromatic carbocycles. The molecule has 1 aromatic heterocycles. The van der Waals surface area contributed by atoms with Gasteiger partial charge in [0.25, 0.3) is 0 Å².